The molecule has 0 saturated carbocycles. The van der Waals surface area contributed by atoms with Crippen LogP contribution < -0.4 is 4.74 Å². The van der Waals surface area contributed by atoms with Crippen molar-refractivity contribution < 1.29 is 14.3 Å². The maximum Gasteiger partial charge on any atom is 0.248 e. The number of aromatic hydroxyl groups is 1. The Kier molecular flexibility index (Phi) is 5.24. The van der Waals surface area contributed by atoms with Gasteiger partial charge in [-0.1, -0.05) is 24.3 Å². The number of hydrogen-bond donors (Lipinski definition) is 1. The maximum atomic E-state index is 9.28. The van der Waals surface area contributed by atoms with Gasteiger partial charge in [0.25, 0.3) is 0 Å². The van der Waals surface area contributed by atoms with E-state index in [1.807, 2.05) is 36.4 Å². The van der Waals surface area contributed by atoms with E-state index in [0.29, 0.717) is 18.4 Å². The van der Waals surface area contributed by atoms with Crippen LogP contribution in [0.3, 0.4) is 0 Å². The highest BCUT2D eigenvalue weighted by Gasteiger charge is 2.06. The summed E-state index contributed by atoms with van der Waals surface area (Å²) in [5.41, 5.74) is 0.774. The summed E-state index contributed by atoms with van der Waals surface area (Å²) in [6.45, 7) is 0.664. The molecule has 0 saturated heterocycles. The largest absolute Gasteiger partial charge is 0.508 e. The summed E-state index contributed by atoms with van der Waals surface area (Å²) in [5, 5.41) is 17.3. The van der Waals surface area contributed by atoms with Crippen molar-refractivity contribution in [3.8, 4) is 23.0 Å². The number of phenolic OH excluding ortho intramolecular Hbond substituents is 1. The van der Waals surface area contributed by atoms with E-state index < -0.39 is 0 Å². The van der Waals surface area contributed by atoms with Crippen LogP contribution >= 0.6 is 0 Å². The molecule has 0 bridgehead atoms. The van der Waals surface area contributed by atoms with E-state index in [0.717, 1.165) is 24.2 Å². The minimum absolute atomic E-state index is 0.205. The van der Waals surface area contributed by atoms with Crippen molar-refractivity contribution in [3.63, 3.8) is 0 Å². The molecule has 0 aliphatic rings. The lowest BCUT2D eigenvalue weighted by molar-refractivity contribution is 0.312. The third kappa shape index (κ3) is 4.46. The Hall–Kier alpha value is -3.08. The first-order chi connectivity index (χ1) is 11.8. The molecule has 0 radical (unpaired) electrons. The fourth-order valence-electron chi connectivity index (χ4n) is 2.11. The molecule has 0 aliphatic carbocycles. The number of nitrogens with zero attached hydrogens (tertiary/aromatic N) is 2. The minimum Gasteiger partial charge on any atom is -0.508 e. The van der Waals surface area contributed by atoms with E-state index in [1.165, 1.54) is 0 Å². The second-order valence-electron chi connectivity index (χ2n) is 5.20. The van der Waals surface area contributed by atoms with Gasteiger partial charge in [-0.3, -0.25) is 0 Å². The molecule has 24 heavy (non-hydrogen) atoms. The molecule has 0 fully saturated rings. The van der Waals surface area contributed by atoms with Crippen LogP contribution in [0.4, 0.5) is 0 Å². The SMILES string of the molecule is Oc1ccc(-c2nnc(C=CCCCOc3ccccc3)o2)cc1. The fourth-order valence-corrected chi connectivity index (χ4v) is 2.11. The van der Waals surface area contributed by atoms with Gasteiger partial charge in [0.05, 0.1) is 6.61 Å². The quantitative estimate of drug-likeness (QED) is 0.656. The smallest absolute Gasteiger partial charge is 0.248 e. The van der Waals surface area contributed by atoms with Gasteiger partial charge in [0.2, 0.25) is 11.8 Å². The van der Waals surface area contributed by atoms with Crippen molar-refractivity contribution in [1.29, 1.82) is 0 Å². The van der Waals surface area contributed by atoms with Gasteiger partial charge in [-0.15, -0.1) is 10.2 Å². The summed E-state index contributed by atoms with van der Waals surface area (Å²) in [4.78, 5) is 0. The van der Waals surface area contributed by atoms with Gasteiger partial charge in [0.15, 0.2) is 0 Å². The van der Waals surface area contributed by atoms with E-state index in [-0.39, 0.29) is 5.75 Å². The monoisotopic (exact) mass is 322 g/mol. The molecule has 2 aromatic carbocycles. The van der Waals surface area contributed by atoms with Crippen molar-refractivity contribution in [2.45, 2.75) is 12.8 Å². The van der Waals surface area contributed by atoms with Crippen LogP contribution in [-0.4, -0.2) is 21.9 Å². The first kappa shape index (κ1) is 15.8. The molecule has 1 N–H and O–H groups in total. The van der Waals surface area contributed by atoms with E-state index in [9.17, 15) is 5.11 Å². The molecule has 0 amide bonds. The van der Waals surface area contributed by atoms with E-state index in [4.69, 9.17) is 9.15 Å². The molecule has 0 aliphatic heterocycles. The summed E-state index contributed by atoms with van der Waals surface area (Å²) in [7, 11) is 0. The van der Waals surface area contributed by atoms with E-state index >= 15 is 0 Å². The molecule has 0 spiro atoms. The van der Waals surface area contributed by atoms with Crippen LogP contribution in [0.1, 0.15) is 18.7 Å². The third-order valence-corrected chi connectivity index (χ3v) is 3.34. The highest BCUT2D eigenvalue weighted by Crippen LogP contribution is 2.20. The summed E-state index contributed by atoms with van der Waals surface area (Å²) < 4.78 is 11.2. The molecule has 5 nitrogen and oxygen atoms in total. The number of allylic oxidation sites excluding steroid dienone is 1. The van der Waals surface area contributed by atoms with E-state index in [2.05, 4.69) is 10.2 Å². The Morgan fingerprint density at radius 3 is 2.58 bits per heavy atom. The van der Waals surface area contributed by atoms with E-state index in [1.54, 1.807) is 30.3 Å². The number of hydrogen-bond acceptors (Lipinski definition) is 5. The standard InChI is InChI=1S/C19H18N2O3/c22-16-12-10-15(11-13-16)19-21-20-18(24-19)9-5-2-6-14-23-17-7-3-1-4-8-17/h1,3-5,7-13,22H,2,6,14H2. The number of rotatable bonds is 7. The molecule has 5 heteroatoms. The molecule has 0 atom stereocenters. The number of aromatic nitrogens is 2. The Balaban J connectivity index is 1.44. The van der Waals surface area contributed by atoms with Crippen molar-refractivity contribution in [3.05, 3.63) is 66.6 Å². The average Bonchev–Trinajstić information content (AvgIpc) is 3.08. The van der Waals surface area contributed by atoms with Gasteiger partial charge in [-0.2, -0.15) is 0 Å². The normalized spacial score (nSPS) is 11.0. The van der Waals surface area contributed by atoms with Crippen molar-refractivity contribution >= 4 is 6.08 Å². The van der Waals surface area contributed by atoms with Crippen LogP contribution in [-0.2, 0) is 0 Å². The van der Waals surface area contributed by atoms with Crippen molar-refractivity contribution in [2.24, 2.45) is 0 Å². The first-order valence-electron chi connectivity index (χ1n) is 7.78. The number of para-hydroxylation sites is 1. The topological polar surface area (TPSA) is 68.4 Å². The summed E-state index contributed by atoms with van der Waals surface area (Å²) in [6.07, 6.45) is 5.57. The molecule has 3 rings (SSSR count). The lowest BCUT2D eigenvalue weighted by Crippen LogP contribution is -1.95. The molecular formula is C19H18N2O3. The Morgan fingerprint density at radius 2 is 1.79 bits per heavy atom. The van der Waals surface area contributed by atoms with Gasteiger partial charge in [0.1, 0.15) is 11.5 Å². The van der Waals surface area contributed by atoms with Crippen molar-refractivity contribution in [2.75, 3.05) is 6.61 Å². The second kappa shape index (κ2) is 7.97. The van der Waals surface area contributed by atoms with Gasteiger partial charge in [0, 0.05) is 5.56 Å². The van der Waals surface area contributed by atoms with Gasteiger partial charge >= 0.3 is 0 Å². The lowest BCUT2D eigenvalue weighted by atomic mass is 10.2. The van der Waals surface area contributed by atoms with Crippen LogP contribution in [0.25, 0.3) is 17.5 Å². The number of benzene rings is 2. The molecule has 122 valence electrons. The van der Waals surface area contributed by atoms with Gasteiger partial charge in [-0.05, 0) is 55.3 Å². The van der Waals surface area contributed by atoms with Crippen molar-refractivity contribution in [1.82, 2.24) is 10.2 Å². The number of unbranched alkanes of at least 4 members (excludes halogenated alkanes) is 1. The van der Waals surface area contributed by atoms with Gasteiger partial charge in [-0.25, -0.2) is 0 Å². The van der Waals surface area contributed by atoms with Crippen LogP contribution in [0.15, 0.2) is 65.1 Å². The molecule has 1 heterocycles. The average molecular weight is 322 g/mol. The zero-order valence-corrected chi connectivity index (χ0v) is 13.1. The maximum absolute atomic E-state index is 9.28. The van der Waals surface area contributed by atoms with Crippen LogP contribution in [0.2, 0.25) is 0 Å². The Morgan fingerprint density at radius 1 is 1.00 bits per heavy atom. The number of ether oxygens (including phenoxy) is 1. The Labute approximate surface area is 140 Å². The summed E-state index contributed by atoms with van der Waals surface area (Å²) in [5.74, 6) is 1.98. The minimum atomic E-state index is 0.205. The van der Waals surface area contributed by atoms with Crippen LogP contribution in [0, 0.1) is 0 Å². The Bertz CT molecular complexity index is 780. The predicted octanol–water partition coefficient (Wildman–Crippen LogP) is 4.31. The zero-order valence-electron chi connectivity index (χ0n) is 13.1. The number of phenols is 1. The molecule has 3 aromatic rings. The summed E-state index contributed by atoms with van der Waals surface area (Å²) >= 11 is 0. The van der Waals surface area contributed by atoms with Crippen LogP contribution in [0.5, 0.6) is 11.5 Å². The molecular weight excluding hydrogens is 304 g/mol. The fraction of sp³-hybridized carbons (Fsp3) is 0.158. The van der Waals surface area contributed by atoms with Gasteiger partial charge < -0.3 is 14.3 Å². The highest BCUT2D eigenvalue weighted by molar-refractivity contribution is 5.54. The predicted molar refractivity (Wildman–Crippen MR) is 91.6 cm³/mol. The second-order valence-corrected chi connectivity index (χ2v) is 5.20. The molecule has 0 unspecified atom stereocenters. The first-order valence-corrected chi connectivity index (χ1v) is 7.78. The third-order valence-electron chi connectivity index (χ3n) is 3.34. The zero-order chi connectivity index (χ0) is 16.6. The highest BCUT2D eigenvalue weighted by atomic mass is 16.5. The lowest BCUT2D eigenvalue weighted by Gasteiger charge is -2.03. The molecule has 1 aromatic heterocycles. The summed E-state index contributed by atoms with van der Waals surface area (Å²) in [6, 6.07) is 16.4.